The molecule has 0 aliphatic rings. The molecule has 0 aliphatic heterocycles. The van der Waals surface area contributed by atoms with Crippen LogP contribution in [0.25, 0.3) is 0 Å². The standard InChI is InChI=1S/C50H94NO8P/c1-3-5-7-9-11-13-15-17-19-21-22-23-24-25-27-28-30-32-34-36-38-40-42-49(52)56-46-48(47-58-60(54,55)57-45-44-51)59-50(53)43-41-39-37-35-33-31-29-26-20-18-16-14-12-10-8-6-4-2/h6,8,12,14,18,20,48H,3-5,7,9-11,13,15-17,19,21-47,51H2,1-2H3,(H,54,55)/b8-6-,14-12-,20-18-. The van der Waals surface area contributed by atoms with Crippen LogP contribution >= 0.6 is 7.82 Å². The van der Waals surface area contributed by atoms with Gasteiger partial charge in [0.1, 0.15) is 6.61 Å². The largest absolute Gasteiger partial charge is 0.472 e. The van der Waals surface area contributed by atoms with Gasteiger partial charge in [-0.05, 0) is 44.9 Å². The van der Waals surface area contributed by atoms with Gasteiger partial charge in [-0.1, -0.05) is 217 Å². The van der Waals surface area contributed by atoms with E-state index < -0.39 is 26.5 Å². The van der Waals surface area contributed by atoms with Gasteiger partial charge in [-0.2, -0.15) is 0 Å². The van der Waals surface area contributed by atoms with Gasteiger partial charge in [0.2, 0.25) is 0 Å². The molecule has 0 saturated carbocycles. The summed E-state index contributed by atoms with van der Waals surface area (Å²) < 4.78 is 32.9. The summed E-state index contributed by atoms with van der Waals surface area (Å²) in [4.78, 5) is 35.0. The van der Waals surface area contributed by atoms with Crippen molar-refractivity contribution in [2.24, 2.45) is 5.73 Å². The first-order chi connectivity index (χ1) is 29.3. The van der Waals surface area contributed by atoms with Crippen LogP contribution in [-0.4, -0.2) is 49.3 Å². The summed E-state index contributed by atoms with van der Waals surface area (Å²) >= 11 is 0. The van der Waals surface area contributed by atoms with Gasteiger partial charge in [0.05, 0.1) is 13.2 Å². The van der Waals surface area contributed by atoms with Crippen molar-refractivity contribution in [1.29, 1.82) is 0 Å². The minimum Gasteiger partial charge on any atom is -0.462 e. The fraction of sp³-hybridized carbons (Fsp3) is 0.840. The van der Waals surface area contributed by atoms with Gasteiger partial charge >= 0.3 is 19.8 Å². The van der Waals surface area contributed by atoms with Gasteiger partial charge in [0, 0.05) is 19.4 Å². The maximum absolute atomic E-state index is 12.6. The zero-order chi connectivity index (χ0) is 43.9. The number of hydrogen-bond donors (Lipinski definition) is 2. The lowest BCUT2D eigenvalue weighted by Crippen LogP contribution is -2.29. The molecule has 0 aromatic carbocycles. The third-order valence-electron chi connectivity index (χ3n) is 10.8. The molecule has 60 heavy (non-hydrogen) atoms. The average molecular weight is 868 g/mol. The SMILES string of the molecule is CC/C=C\C/C=C\C/C=C\CCCCCCCCCC(=O)OC(COC(=O)CCCCCCCCCCCCCCCCCCCCCCCC)COP(=O)(O)OCCN. The molecule has 0 amide bonds. The summed E-state index contributed by atoms with van der Waals surface area (Å²) in [5.74, 6) is -0.830. The van der Waals surface area contributed by atoms with Gasteiger partial charge in [-0.15, -0.1) is 0 Å². The highest BCUT2D eigenvalue weighted by molar-refractivity contribution is 7.47. The Morgan fingerprint density at radius 1 is 0.517 bits per heavy atom. The summed E-state index contributed by atoms with van der Waals surface area (Å²) in [7, 11) is -4.38. The lowest BCUT2D eigenvalue weighted by atomic mass is 10.0. The van der Waals surface area contributed by atoms with E-state index in [2.05, 4.69) is 50.3 Å². The molecule has 0 saturated heterocycles. The molecule has 0 heterocycles. The van der Waals surface area contributed by atoms with Crippen LogP contribution in [0.15, 0.2) is 36.5 Å². The second-order valence-electron chi connectivity index (χ2n) is 16.7. The molecule has 0 spiro atoms. The number of unbranched alkanes of at least 4 members (excludes halogenated alkanes) is 28. The monoisotopic (exact) mass is 868 g/mol. The van der Waals surface area contributed by atoms with Crippen LogP contribution in [0.5, 0.6) is 0 Å². The van der Waals surface area contributed by atoms with E-state index in [1.165, 1.54) is 141 Å². The van der Waals surface area contributed by atoms with Crippen molar-refractivity contribution in [3.63, 3.8) is 0 Å². The number of esters is 2. The van der Waals surface area contributed by atoms with Gasteiger partial charge in [-0.25, -0.2) is 4.57 Å². The number of allylic oxidation sites excluding steroid dienone is 6. The predicted octanol–water partition coefficient (Wildman–Crippen LogP) is 14.9. The number of ether oxygens (including phenoxy) is 2. The van der Waals surface area contributed by atoms with Crippen molar-refractivity contribution in [3.05, 3.63) is 36.5 Å². The third-order valence-corrected chi connectivity index (χ3v) is 11.8. The smallest absolute Gasteiger partial charge is 0.462 e. The Bertz CT molecular complexity index is 1080. The van der Waals surface area contributed by atoms with Gasteiger partial charge in [0.15, 0.2) is 6.10 Å². The minimum absolute atomic E-state index is 0.0522. The Morgan fingerprint density at radius 3 is 1.37 bits per heavy atom. The Labute approximate surface area is 369 Å². The van der Waals surface area contributed by atoms with Crippen LogP contribution in [0.4, 0.5) is 0 Å². The maximum Gasteiger partial charge on any atom is 0.472 e. The summed E-state index contributed by atoms with van der Waals surface area (Å²) in [5.41, 5.74) is 5.36. The Hall–Kier alpha value is -1.77. The molecular weight excluding hydrogens is 774 g/mol. The topological polar surface area (TPSA) is 134 Å². The number of hydrogen-bond acceptors (Lipinski definition) is 8. The molecule has 10 heteroatoms. The van der Waals surface area contributed by atoms with E-state index in [-0.39, 0.29) is 38.6 Å². The van der Waals surface area contributed by atoms with E-state index in [9.17, 15) is 19.0 Å². The summed E-state index contributed by atoms with van der Waals surface area (Å²) in [6.45, 7) is 3.65. The lowest BCUT2D eigenvalue weighted by Gasteiger charge is -2.19. The predicted molar refractivity (Wildman–Crippen MR) is 252 cm³/mol. The number of carbonyl (C=O) groups excluding carboxylic acids is 2. The normalized spacial score (nSPS) is 13.5. The zero-order valence-corrected chi connectivity index (χ0v) is 39.8. The first-order valence-corrected chi connectivity index (χ1v) is 26.5. The molecule has 352 valence electrons. The highest BCUT2D eigenvalue weighted by Gasteiger charge is 2.26. The summed E-state index contributed by atoms with van der Waals surface area (Å²) in [6.07, 6.45) is 53.3. The minimum atomic E-state index is -4.38. The van der Waals surface area contributed by atoms with Crippen LogP contribution in [0.1, 0.15) is 239 Å². The molecule has 0 aromatic heterocycles. The van der Waals surface area contributed by atoms with Gasteiger partial charge in [0.25, 0.3) is 0 Å². The zero-order valence-electron chi connectivity index (χ0n) is 38.9. The number of phosphoric ester groups is 1. The lowest BCUT2D eigenvalue weighted by molar-refractivity contribution is -0.161. The highest BCUT2D eigenvalue weighted by Crippen LogP contribution is 2.43. The summed E-state index contributed by atoms with van der Waals surface area (Å²) in [5, 5.41) is 0. The first kappa shape index (κ1) is 58.2. The number of nitrogens with two attached hydrogens (primary N) is 1. The Kier molecular flexibility index (Phi) is 45.3. The maximum atomic E-state index is 12.6. The average Bonchev–Trinajstić information content (AvgIpc) is 3.24. The number of phosphoric acid groups is 1. The molecule has 0 fully saturated rings. The van der Waals surface area contributed by atoms with E-state index >= 15 is 0 Å². The van der Waals surface area contributed by atoms with Gasteiger partial charge in [-0.3, -0.25) is 18.6 Å². The van der Waals surface area contributed by atoms with Crippen molar-refractivity contribution >= 4 is 19.8 Å². The van der Waals surface area contributed by atoms with E-state index in [0.717, 1.165) is 64.2 Å². The van der Waals surface area contributed by atoms with Crippen molar-refractivity contribution in [3.8, 4) is 0 Å². The van der Waals surface area contributed by atoms with Crippen molar-refractivity contribution < 1.29 is 37.6 Å². The van der Waals surface area contributed by atoms with E-state index in [0.29, 0.717) is 6.42 Å². The first-order valence-electron chi connectivity index (χ1n) is 25.0. The molecule has 0 aliphatic carbocycles. The second-order valence-corrected chi connectivity index (χ2v) is 18.1. The van der Waals surface area contributed by atoms with E-state index in [4.69, 9.17) is 24.3 Å². The molecule has 0 bridgehead atoms. The van der Waals surface area contributed by atoms with Gasteiger partial charge < -0.3 is 20.1 Å². The highest BCUT2D eigenvalue weighted by atomic mass is 31.2. The van der Waals surface area contributed by atoms with Crippen molar-refractivity contribution in [1.82, 2.24) is 0 Å². The molecule has 2 unspecified atom stereocenters. The van der Waals surface area contributed by atoms with Crippen LogP contribution in [0.2, 0.25) is 0 Å². The van der Waals surface area contributed by atoms with E-state index in [1.54, 1.807) is 0 Å². The fourth-order valence-corrected chi connectivity index (χ4v) is 7.89. The van der Waals surface area contributed by atoms with Crippen LogP contribution in [0.3, 0.4) is 0 Å². The molecule has 9 nitrogen and oxygen atoms in total. The quantitative estimate of drug-likeness (QED) is 0.0265. The Balaban J connectivity index is 4.02. The van der Waals surface area contributed by atoms with Crippen molar-refractivity contribution in [2.75, 3.05) is 26.4 Å². The third kappa shape index (κ3) is 45.7. The number of carbonyl (C=O) groups is 2. The van der Waals surface area contributed by atoms with Crippen LogP contribution < -0.4 is 5.73 Å². The second kappa shape index (κ2) is 46.7. The number of rotatable bonds is 47. The molecule has 0 aromatic rings. The Morgan fingerprint density at radius 2 is 0.917 bits per heavy atom. The molecule has 2 atom stereocenters. The molecular formula is C50H94NO8P. The summed E-state index contributed by atoms with van der Waals surface area (Å²) in [6, 6.07) is 0. The van der Waals surface area contributed by atoms with Crippen molar-refractivity contribution in [2.45, 2.75) is 245 Å². The molecule has 0 rings (SSSR count). The molecule has 3 N–H and O–H groups in total. The van der Waals surface area contributed by atoms with E-state index in [1.807, 2.05) is 0 Å². The fourth-order valence-electron chi connectivity index (χ4n) is 7.12. The van der Waals surface area contributed by atoms with Crippen LogP contribution in [0, 0.1) is 0 Å². The van der Waals surface area contributed by atoms with Crippen LogP contribution in [-0.2, 0) is 32.7 Å². The molecule has 0 radical (unpaired) electrons.